The third-order valence-electron chi connectivity index (χ3n) is 2.39. The number of aromatic nitrogens is 4. The van der Waals surface area contributed by atoms with Crippen LogP contribution in [0.1, 0.15) is 13.3 Å². The Labute approximate surface area is 120 Å². The molecule has 2 aromatic heterocycles. The lowest BCUT2D eigenvalue weighted by molar-refractivity contribution is 0.600. The highest BCUT2D eigenvalue weighted by atomic mass is 32.2. The van der Waals surface area contributed by atoms with E-state index in [4.69, 9.17) is 0 Å². The number of nitrogens with one attached hydrogen (secondary N) is 3. The Morgan fingerprint density at radius 3 is 2.52 bits per heavy atom. The van der Waals surface area contributed by atoms with E-state index < -0.39 is 15.6 Å². The molecule has 0 saturated carbocycles. The minimum absolute atomic E-state index is 0.00258. The molecule has 0 bridgehead atoms. The molecule has 2 aromatic rings. The van der Waals surface area contributed by atoms with Crippen LogP contribution in [0.5, 0.6) is 0 Å². The third-order valence-corrected chi connectivity index (χ3v) is 3.70. The number of hydrogen-bond acceptors (Lipinski definition) is 7. The van der Waals surface area contributed by atoms with Gasteiger partial charge in [0.25, 0.3) is 15.6 Å². The molecule has 10 heteroatoms. The van der Waals surface area contributed by atoms with E-state index in [-0.39, 0.29) is 10.7 Å². The van der Waals surface area contributed by atoms with Gasteiger partial charge in [-0.1, -0.05) is 6.92 Å². The van der Waals surface area contributed by atoms with Crippen molar-refractivity contribution >= 4 is 21.8 Å². The molecule has 0 unspecified atom stereocenters. The first kappa shape index (κ1) is 14.9. The molecule has 0 aliphatic rings. The largest absolute Gasteiger partial charge is 0.354 e. The summed E-state index contributed by atoms with van der Waals surface area (Å²) in [4.78, 5) is 18.6. The van der Waals surface area contributed by atoms with Crippen molar-refractivity contribution in [2.75, 3.05) is 16.6 Å². The topological polar surface area (TPSA) is 130 Å². The molecule has 0 aliphatic heterocycles. The minimum atomic E-state index is -3.85. The Bertz CT molecular complexity index is 736. The van der Waals surface area contributed by atoms with Gasteiger partial charge in [-0.15, -0.1) is 0 Å². The van der Waals surface area contributed by atoms with E-state index in [2.05, 4.69) is 30.2 Å². The Morgan fingerprint density at radius 2 is 1.95 bits per heavy atom. The molecule has 2 rings (SSSR count). The summed E-state index contributed by atoms with van der Waals surface area (Å²) < 4.78 is 26.4. The van der Waals surface area contributed by atoms with Gasteiger partial charge in [0, 0.05) is 12.6 Å². The zero-order chi connectivity index (χ0) is 15.3. The van der Waals surface area contributed by atoms with Crippen molar-refractivity contribution < 1.29 is 8.42 Å². The van der Waals surface area contributed by atoms with Crippen molar-refractivity contribution in [3.8, 4) is 0 Å². The maximum absolute atomic E-state index is 12.1. The molecule has 0 spiro atoms. The molecule has 0 radical (unpaired) electrons. The highest BCUT2D eigenvalue weighted by Crippen LogP contribution is 2.12. The second-order valence-corrected chi connectivity index (χ2v) is 5.76. The first-order valence-corrected chi connectivity index (χ1v) is 7.64. The maximum atomic E-state index is 12.1. The predicted molar refractivity (Wildman–Crippen MR) is 76.5 cm³/mol. The summed E-state index contributed by atoms with van der Waals surface area (Å²) in [5.74, 6) is 0.362. The number of H-pyrrole nitrogens is 1. The summed E-state index contributed by atoms with van der Waals surface area (Å²) in [6, 6.07) is 2.42. The first-order valence-electron chi connectivity index (χ1n) is 6.16. The fraction of sp³-hybridized carbons (Fsp3) is 0.273. The molecule has 3 N–H and O–H groups in total. The summed E-state index contributed by atoms with van der Waals surface area (Å²) in [6.07, 6.45) is 3.29. The van der Waals surface area contributed by atoms with Gasteiger partial charge in [0.15, 0.2) is 5.82 Å². The monoisotopic (exact) mass is 310 g/mol. The lowest BCUT2D eigenvalue weighted by atomic mass is 10.5. The summed E-state index contributed by atoms with van der Waals surface area (Å²) in [6.45, 7) is 2.69. The number of hydrogen-bond donors (Lipinski definition) is 3. The van der Waals surface area contributed by atoms with Crippen LogP contribution in [0.15, 0.2) is 34.2 Å². The molecule has 0 atom stereocenters. The van der Waals surface area contributed by atoms with Gasteiger partial charge < -0.3 is 5.32 Å². The SMILES string of the molecule is CCCNc1ncc(S(=O)(=O)Nc2ccc(=O)[nH]n2)cn1. The lowest BCUT2D eigenvalue weighted by Crippen LogP contribution is -2.17. The summed E-state index contributed by atoms with van der Waals surface area (Å²) in [5.41, 5.74) is -0.423. The fourth-order valence-electron chi connectivity index (χ4n) is 1.38. The van der Waals surface area contributed by atoms with E-state index in [1.807, 2.05) is 6.92 Å². The Morgan fingerprint density at radius 1 is 1.24 bits per heavy atom. The number of aromatic amines is 1. The maximum Gasteiger partial charge on any atom is 0.266 e. The molecule has 0 aromatic carbocycles. The molecule has 0 aliphatic carbocycles. The minimum Gasteiger partial charge on any atom is -0.354 e. The quantitative estimate of drug-likeness (QED) is 0.694. The molecule has 112 valence electrons. The van der Waals surface area contributed by atoms with Gasteiger partial charge >= 0.3 is 0 Å². The molecule has 0 saturated heterocycles. The highest BCUT2D eigenvalue weighted by Gasteiger charge is 2.16. The van der Waals surface area contributed by atoms with E-state index in [9.17, 15) is 13.2 Å². The van der Waals surface area contributed by atoms with Gasteiger partial charge in [-0.2, -0.15) is 5.10 Å². The van der Waals surface area contributed by atoms with Gasteiger partial charge in [0.2, 0.25) is 5.95 Å². The zero-order valence-corrected chi connectivity index (χ0v) is 12.0. The number of rotatable bonds is 6. The van der Waals surface area contributed by atoms with E-state index in [1.165, 1.54) is 24.5 Å². The third kappa shape index (κ3) is 3.99. The van der Waals surface area contributed by atoms with Crippen molar-refractivity contribution in [2.24, 2.45) is 0 Å². The van der Waals surface area contributed by atoms with Crippen molar-refractivity contribution in [1.82, 2.24) is 20.2 Å². The average molecular weight is 310 g/mol. The van der Waals surface area contributed by atoms with Gasteiger partial charge in [-0.05, 0) is 12.5 Å². The zero-order valence-electron chi connectivity index (χ0n) is 11.2. The van der Waals surface area contributed by atoms with Gasteiger partial charge in [0.1, 0.15) is 4.90 Å². The fourth-order valence-corrected chi connectivity index (χ4v) is 2.27. The van der Waals surface area contributed by atoms with Crippen LogP contribution in [0.25, 0.3) is 0 Å². The predicted octanol–water partition coefficient (Wildman–Crippen LogP) is 0.183. The van der Waals surface area contributed by atoms with Gasteiger partial charge in [0.05, 0.1) is 12.4 Å². The summed E-state index contributed by atoms with van der Waals surface area (Å²) in [5, 5.41) is 8.64. The van der Waals surface area contributed by atoms with Crippen LogP contribution >= 0.6 is 0 Å². The van der Waals surface area contributed by atoms with Crippen LogP contribution < -0.4 is 15.6 Å². The molecular formula is C11H14N6O3S. The summed E-state index contributed by atoms with van der Waals surface area (Å²) in [7, 11) is -3.85. The van der Waals surface area contributed by atoms with Gasteiger partial charge in [-0.25, -0.2) is 23.5 Å². The molecular weight excluding hydrogens is 296 g/mol. The van der Waals surface area contributed by atoms with Crippen LogP contribution in [-0.4, -0.2) is 35.1 Å². The molecule has 0 amide bonds. The van der Waals surface area contributed by atoms with Crippen LogP contribution in [0.3, 0.4) is 0 Å². The average Bonchev–Trinajstić information content (AvgIpc) is 2.48. The summed E-state index contributed by atoms with van der Waals surface area (Å²) >= 11 is 0. The van der Waals surface area contributed by atoms with E-state index in [0.29, 0.717) is 12.5 Å². The van der Waals surface area contributed by atoms with Crippen molar-refractivity contribution in [3.63, 3.8) is 0 Å². The Kier molecular flexibility index (Phi) is 4.48. The van der Waals surface area contributed by atoms with Crippen LogP contribution in [0, 0.1) is 0 Å². The van der Waals surface area contributed by atoms with Crippen LogP contribution in [0.2, 0.25) is 0 Å². The lowest BCUT2D eigenvalue weighted by Gasteiger charge is -2.07. The smallest absolute Gasteiger partial charge is 0.266 e. The normalized spacial score (nSPS) is 11.1. The van der Waals surface area contributed by atoms with E-state index in [1.54, 1.807) is 0 Å². The second-order valence-electron chi connectivity index (χ2n) is 4.08. The van der Waals surface area contributed by atoms with Crippen molar-refractivity contribution in [1.29, 1.82) is 0 Å². The molecule has 2 heterocycles. The number of sulfonamides is 1. The standard InChI is InChI=1S/C11H14N6O3S/c1-2-5-12-11-13-6-8(7-14-11)21(19,20)17-9-3-4-10(18)16-15-9/h3-4,6-7H,2,5H2,1H3,(H,15,17)(H,16,18)(H,12,13,14). The number of anilines is 2. The molecule has 0 fully saturated rings. The van der Waals surface area contributed by atoms with Crippen LogP contribution in [0.4, 0.5) is 11.8 Å². The van der Waals surface area contributed by atoms with Crippen molar-refractivity contribution in [3.05, 3.63) is 34.9 Å². The first-order chi connectivity index (χ1) is 10.0. The van der Waals surface area contributed by atoms with E-state index >= 15 is 0 Å². The van der Waals surface area contributed by atoms with Crippen LogP contribution in [-0.2, 0) is 10.0 Å². The Balaban J connectivity index is 2.15. The number of nitrogens with zero attached hydrogens (tertiary/aromatic N) is 3. The van der Waals surface area contributed by atoms with Gasteiger partial charge in [-0.3, -0.25) is 9.52 Å². The second kappa shape index (κ2) is 6.31. The highest BCUT2D eigenvalue weighted by molar-refractivity contribution is 7.92. The van der Waals surface area contributed by atoms with Crippen molar-refractivity contribution in [2.45, 2.75) is 18.2 Å². The molecule has 21 heavy (non-hydrogen) atoms. The van der Waals surface area contributed by atoms with E-state index in [0.717, 1.165) is 6.42 Å². The Hall–Kier alpha value is -2.49. The molecule has 9 nitrogen and oxygen atoms in total.